The van der Waals surface area contributed by atoms with Crippen LogP contribution in [0.4, 0.5) is 0 Å². The van der Waals surface area contributed by atoms with Crippen LogP contribution in [0.3, 0.4) is 0 Å². The third-order valence-electron chi connectivity index (χ3n) is 2.04. The molecule has 3 nitrogen and oxygen atoms in total. The highest BCUT2D eigenvalue weighted by Gasteiger charge is 2.12. The van der Waals surface area contributed by atoms with Crippen molar-refractivity contribution in [1.82, 2.24) is 4.98 Å². The van der Waals surface area contributed by atoms with Gasteiger partial charge >= 0.3 is 0 Å². The molecule has 0 aliphatic heterocycles. The van der Waals surface area contributed by atoms with Gasteiger partial charge in [-0.25, -0.2) is 4.98 Å². The molecule has 0 amide bonds. The fraction of sp³-hybridized carbons (Fsp3) is 0.0909. The molecule has 74 valence electrons. The third-order valence-corrected chi connectivity index (χ3v) is 2.87. The van der Waals surface area contributed by atoms with Gasteiger partial charge in [0, 0.05) is 11.6 Å². The SMILES string of the molecule is N#Cc1ccc(C(O)c2nccs2)cc1. The molecule has 2 aromatic rings. The van der Waals surface area contributed by atoms with Crippen molar-refractivity contribution in [2.24, 2.45) is 0 Å². The number of thiazole rings is 1. The van der Waals surface area contributed by atoms with Crippen LogP contribution in [0.2, 0.25) is 0 Å². The first kappa shape index (κ1) is 9.84. The van der Waals surface area contributed by atoms with E-state index < -0.39 is 6.10 Å². The van der Waals surface area contributed by atoms with Crippen LogP contribution in [0.5, 0.6) is 0 Å². The van der Waals surface area contributed by atoms with Crippen molar-refractivity contribution < 1.29 is 5.11 Å². The van der Waals surface area contributed by atoms with E-state index in [0.29, 0.717) is 10.6 Å². The Kier molecular flexibility index (Phi) is 2.77. The van der Waals surface area contributed by atoms with Gasteiger partial charge in [0.1, 0.15) is 11.1 Å². The number of aliphatic hydroxyl groups excluding tert-OH is 1. The summed E-state index contributed by atoms with van der Waals surface area (Å²) in [6.45, 7) is 0. The van der Waals surface area contributed by atoms with Crippen LogP contribution in [0, 0.1) is 11.3 Å². The van der Waals surface area contributed by atoms with E-state index in [4.69, 9.17) is 5.26 Å². The highest BCUT2D eigenvalue weighted by molar-refractivity contribution is 7.09. The van der Waals surface area contributed by atoms with Gasteiger partial charge in [-0.3, -0.25) is 0 Å². The smallest absolute Gasteiger partial charge is 0.131 e. The van der Waals surface area contributed by atoms with Crippen LogP contribution < -0.4 is 0 Å². The Morgan fingerprint density at radius 2 is 2.07 bits per heavy atom. The van der Waals surface area contributed by atoms with Crippen molar-refractivity contribution >= 4 is 11.3 Å². The van der Waals surface area contributed by atoms with Gasteiger partial charge in [-0.05, 0) is 17.7 Å². The zero-order valence-electron chi connectivity index (χ0n) is 7.79. The number of nitriles is 1. The van der Waals surface area contributed by atoms with E-state index in [1.54, 1.807) is 30.5 Å². The first-order valence-corrected chi connectivity index (χ1v) is 5.27. The largest absolute Gasteiger partial charge is 0.381 e. The Bertz CT molecular complexity index is 470. The molecule has 1 heterocycles. The maximum Gasteiger partial charge on any atom is 0.131 e. The molecule has 1 atom stereocenters. The molecule has 1 aromatic carbocycles. The molecule has 0 saturated carbocycles. The Morgan fingerprint density at radius 3 is 2.60 bits per heavy atom. The molecule has 2 rings (SSSR count). The van der Waals surface area contributed by atoms with Crippen LogP contribution in [0.15, 0.2) is 35.8 Å². The first-order valence-electron chi connectivity index (χ1n) is 4.39. The molecule has 0 bridgehead atoms. The summed E-state index contributed by atoms with van der Waals surface area (Å²) in [5.41, 5.74) is 1.34. The summed E-state index contributed by atoms with van der Waals surface area (Å²) in [4.78, 5) is 4.04. The van der Waals surface area contributed by atoms with E-state index >= 15 is 0 Å². The lowest BCUT2D eigenvalue weighted by Gasteiger charge is -2.06. The van der Waals surface area contributed by atoms with Crippen molar-refractivity contribution in [3.63, 3.8) is 0 Å². The van der Waals surface area contributed by atoms with Crippen molar-refractivity contribution in [1.29, 1.82) is 5.26 Å². The minimum absolute atomic E-state index is 0.588. The lowest BCUT2D eigenvalue weighted by Crippen LogP contribution is -1.98. The summed E-state index contributed by atoms with van der Waals surface area (Å²) in [5.74, 6) is 0. The minimum atomic E-state index is -0.697. The Morgan fingerprint density at radius 1 is 1.33 bits per heavy atom. The number of hydrogen-bond donors (Lipinski definition) is 1. The van der Waals surface area contributed by atoms with Crippen LogP contribution in [0.25, 0.3) is 0 Å². The Hall–Kier alpha value is -1.70. The molecule has 1 aromatic heterocycles. The molecular formula is C11H8N2OS. The van der Waals surface area contributed by atoms with Gasteiger partial charge < -0.3 is 5.11 Å². The fourth-order valence-electron chi connectivity index (χ4n) is 1.25. The van der Waals surface area contributed by atoms with E-state index in [2.05, 4.69) is 4.98 Å². The molecule has 0 fully saturated rings. The maximum atomic E-state index is 9.91. The monoisotopic (exact) mass is 216 g/mol. The van der Waals surface area contributed by atoms with E-state index in [0.717, 1.165) is 5.56 Å². The molecule has 1 N–H and O–H groups in total. The summed E-state index contributed by atoms with van der Waals surface area (Å²) >= 11 is 1.41. The Balaban J connectivity index is 2.27. The highest BCUT2D eigenvalue weighted by atomic mass is 32.1. The summed E-state index contributed by atoms with van der Waals surface area (Å²) in [5, 5.41) is 21.0. The van der Waals surface area contributed by atoms with Crippen LogP contribution in [-0.2, 0) is 0 Å². The normalized spacial score (nSPS) is 12.0. The third kappa shape index (κ3) is 2.04. The predicted octanol–water partition coefficient (Wildman–Crippen LogP) is 2.10. The van der Waals surface area contributed by atoms with E-state index in [1.165, 1.54) is 11.3 Å². The van der Waals surface area contributed by atoms with Crippen LogP contribution in [0.1, 0.15) is 22.2 Å². The lowest BCUT2D eigenvalue weighted by atomic mass is 10.1. The van der Waals surface area contributed by atoms with Crippen molar-refractivity contribution in [2.45, 2.75) is 6.10 Å². The summed E-state index contributed by atoms with van der Waals surface area (Å²) in [6, 6.07) is 8.89. The number of aliphatic hydroxyl groups is 1. The minimum Gasteiger partial charge on any atom is -0.381 e. The van der Waals surface area contributed by atoms with Crippen molar-refractivity contribution in [2.75, 3.05) is 0 Å². The van der Waals surface area contributed by atoms with E-state index in [-0.39, 0.29) is 0 Å². The molecule has 0 saturated heterocycles. The zero-order valence-corrected chi connectivity index (χ0v) is 8.61. The highest BCUT2D eigenvalue weighted by Crippen LogP contribution is 2.23. The fourth-order valence-corrected chi connectivity index (χ4v) is 1.90. The number of hydrogen-bond acceptors (Lipinski definition) is 4. The number of nitrogens with zero attached hydrogens (tertiary/aromatic N) is 2. The van der Waals surface area contributed by atoms with Crippen molar-refractivity contribution in [3.8, 4) is 6.07 Å². The standard InChI is InChI=1S/C11H8N2OS/c12-7-8-1-3-9(4-2-8)10(14)11-13-5-6-15-11/h1-6,10,14H. The molecule has 4 heteroatoms. The zero-order chi connectivity index (χ0) is 10.7. The maximum absolute atomic E-state index is 9.91. The molecule has 1 unspecified atom stereocenters. The molecule has 15 heavy (non-hydrogen) atoms. The predicted molar refractivity (Wildman–Crippen MR) is 57.3 cm³/mol. The Labute approximate surface area is 91.3 Å². The lowest BCUT2D eigenvalue weighted by molar-refractivity contribution is 0.220. The number of rotatable bonds is 2. The second kappa shape index (κ2) is 4.22. The average molecular weight is 216 g/mol. The second-order valence-corrected chi connectivity index (χ2v) is 3.93. The first-order chi connectivity index (χ1) is 7.31. The van der Waals surface area contributed by atoms with E-state index in [9.17, 15) is 5.11 Å². The van der Waals surface area contributed by atoms with Gasteiger partial charge in [0.2, 0.25) is 0 Å². The average Bonchev–Trinajstić information content (AvgIpc) is 2.82. The van der Waals surface area contributed by atoms with Gasteiger partial charge in [0.15, 0.2) is 0 Å². The van der Waals surface area contributed by atoms with Gasteiger partial charge in [0.05, 0.1) is 11.6 Å². The number of benzene rings is 1. The summed E-state index contributed by atoms with van der Waals surface area (Å²) in [7, 11) is 0. The quantitative estimate of drug-likeness (QED) is 0.836. The summed E-state index contributed by atoms with van der Waals surface area (Å²) in [6.07, 6.45) is 0.963. The molecule has 0 aliphatic carbocycles. The van der Waals surface area contributed by atoms with Gasteiger partial charge in [-0.2, -0.15) is 5.26 Å². The number of aromatic nitrogens is 1. The topological polar surface area (TPSA) is 56.9 Å². The molecular weight excluding hydrogens is 208 g/mol. The summed E-state index contributed by atoms with van der Waals surface area (Å²) < 4.78 is 0. The van der Waals surface area contributed by atoms with Crippen LogP contribution >= 0.6 is 11.3 Å². The molecule has 0 radical (unpaired) electrons. The van der Waals surface area contributed by atoms with Gasteiger partial charge in [-0.1, -0.05) is 12.1 Å². The van der Waals surface area contributed by atoms with Crippen LogP contribution in [-0.4, -0.2) is 10.1 Å². The van der Waals surface area contributed by atoms with E-state index in [1.807, 2.05) is 11.4 Å². The second-order valence-electron chi connectivity index (χ2n) is 3.01. The molecule has 0 spiro atoms. The van der Waals surface area contributed by atoms with Crippen molar-refractivity contribution in [3.05, 3.63) is 52.0 Å². The van der Waals surface area contributed by atoms with Gasteiger partial charge in [-0.15, -0.1) is 11.3 Å². The van der Waals surface area contributed by atoms with Gasteiger partial charge in [0.25, 0.3) is 0 Å². The molecule has 0 aliphatic rings.